The van der Waals surface area contributed by atoms with Crippen LogP contribution in [0.25, 0.3) is 10.9 Å². The van der Waals surface area contributed by atoms with Crippen LogP contribution in [0.15, 0.2) is 48.8 Å². The number of para-hydroxylation sites is 1. The van der Waals surface area contributed by atoms with Crippen molar-refractivity contribution in [2.75, 3.05) is 43.9 Å². The number of hydrogen-bond donors (Lipinski definition) is 3. The number of amides is 1. The van der Waals surface area contributed by atoms with Crippen LogP contribution in [0.5, 0.6) is 0 Å². The van der Waals surface area contributed by atoms with E-state index in [-0.39, 0.29) is 6.04 Å². The van der Waals surface area contributed by atoms with E-state index in [0.717, 1.165) is 50.2 Å². The Bertz CT molecular complexity index is 1040. The molecule has 0 bridgehead atoms. The van der Waals surface area contributed by atoms with Gasteiger partial charge in [0.15, 0.2) is 0 Å². The van der Waals surface area contributed by atoms with E-state index in [0.29, 0.717) is 22.6 Å². The number of ether oxygens (including phenoxy) is 1. The van der Waals surface area contributed by atoms with Crippen molar-refractivity contribution >= 4 is 28.3 Å². The van der Waals surface area contributed by atoms with Crippen molar-refractivity contribution in [3.8, 4) is 0 Å². The molecule has 8 nitrogen and oxygen atoms in total. The van der Waals surface area contributed by atoms with Gasteiger partial charge in [0.1, 0.15) is 12.1 Å². The van der Waals surface area contributed by atoms with E-state index in [1.807, 2.05) is 24.3 Å². The van der Waals surface area contributed by atoms with E-state index in [4.69, 9.17) is 16.2 Å². The third-order valence-corrected chi connectivity index (χ3v) is 5.39. The molecule has 2 heterocycles. The van der Waals surface area contributed by atoms with Crippen LogP contribution in [0.2, 0.25) is 0 Å². The Labute approximate surface area is 175 Å². The fraction of sp³-hybridized carbons (Fsp3) is 0.318. The predicted molar refractivity (Wildman–Crippen MR) is 117 cm³/mol. The van der Waals surface area contributed by atoms with Gasteiger partial charge in [-0.1, -0.05) is 18.2 Å². The van der Waals surface area contributed by atoms with E-state index in [1.54, 1.807) is 12.1 Å². The number of carbonyl (C=O) groups excluding carboxylic acids is 1. The molecule has 1 saturated heterocycles. The van der Waals surface area contributed by atoms with Gasteiger partial charge in [-0.05, 0) is 36.2 Å². The third kappa shape index (κ3) is 4.50. The minimum Gasteiger partial charge on any atom is -0.399 e. The van der Waals surface area contributed by atoms with Gasteiger partial charge in [0, 0.05) is 30.7 Å². The molecular weight excluding hydrogens is 380 g/mol. The van der Waals surface area contributed by atoms with E-state index in [9.17, 15) is 4.79 Å². The summed E-state index contributed by atoms with van der Waals surface area (Å²) in [4.78, 5) is 22.9. The largest absolute Gasteiger partial charge is 0.399 e. The predicted octanol–water partition coefficient (Wildman–Crippen LogP) is 2.19. The van der Waals surface area contributed by atoms with E-state index < -0.39 is 5.91 Å². The van der Waals surface area contributed by atoms with Crippen LogP contribution in [-0.4, -0.2) is 53.6 Å². The number of carbonyl (C=O) groups is 1. The number of rotatable bonds is 7. The van der Waals surface area contributed by atoms with Crippen molar-refractivity contribution in [3.05, 3.63) is 59.9 Å². The molecule has 8 heteroatoms. The number of nitrogens with one attached hydrogen (secondary N) is 1. The first-order valence-corrected chi connectivity index (χ1v) is 10.1. The zero-order valence-electron chi connectivity index (χ0n) is 16.8. The van der Waals surface area contributed by atoms with E-state index >= 15 is 0 Å². The Hall–Kier alpha value is -3.23. The second-order valence-corrected chi connectivity index (χ2v) is 7.40. The highest BCUT2D eigenvalue weighted by Gasteiger charge is 2.18. The highest BCUT2D eigenvalue weighted by Crippen LogP contribution is 2.28. The lowest BCUT2D eigenvalue weighted by atomic mass is 10.0. The molecule has 1 atom stereocenters. The first-order valence-electron chi connectivity index (χ1n) is 10.1. The average molecular weight is 406 g/mol. The van der Waals surface area contributed by atoms with Crippen molar-refractivity contribution in [2.45, 2.75) is 12.5 Å². The minimum atomic E-state index is -0.509. The Kier molecular flexibility index (Phi) is 6.06. The highest BCUT2D eigenvalue weighted by molar-refractivity contribution is 6.06. The summed E-state index contributed by atoms with van der Waals surface area (Å²) in [5.74, 6) is 0.155. The smallest absolute Gasteiger partial charge is 0.250 e. The molecule has 0 aliphatic carbocycles. The summed E-state index contributed by atoms with van der Waals surface area (Å²) < 4.78 is 5.45. The number of nitrogens with two attached hydrogens (primary N) is 2. The van der Waals surface area contributed by atoms with Crippen LogP contribution < -0.4 is 16.8 Å². The summed E-state index contributed by atoms with van der Waals surface area (Å²) in [6, 6.07) is 13.2. The summed E-state index contributed by atoms with van der Waals surface area (Å²) in [6.07, 6.45) is 2.32. The maximum absolute atomic E-state index is 11.8. The van der Waals surface area contributed by atoms with Crippen molar-refractivity contribution in [1.29, 1.82) is 0 Å². The monoisotopic (exact) mass is 406 g/mol. The van der Waals surface area contributed by atoms with Gasteiger partial charge >= 0.3 is 0 Å². The standard InChI is InChI=1S/C22H26N6O2/c23-16-4-1-3-15(13-16)19(7-8-28-9-11-30-12-10-28)27-22-18-6-2-5-17(21(24)29)20(18)25-14-26-22/h1-6,13-14,19H,7-12,23H2,(H2,24,29)(H,25,26,27). The van der Waals surface area contributed by atoms with Gasteiger partial charge in [0.25, 0.3) is 5.91 Å². The lowest BCUT2D eigenvalue weighted by molar-refractivity contribution is 0.0368. The van der Waals surface area contributed by atoms with Gasteiger partial charge in [-0.2, -0.15) is 0 Å². The molecule has 3 aromatic rings. The van der Waals surface area contributed by atoms with Crippen LogP contribution >= 0.6 is 0 Å². The number of nitrogen functional groups attached to an aromatic ring is 1. The quantitative estimate of drug-likeness (QED) is 0.515. The Morgan fingerprint density at radius 2 is 1.97 bits per heavy atom. The molecule has 5 N–H and O–H groups in total. The Balaban J connectivity index is 1.64. The van der Waals surface area contributed by atoms with Crippen molar-refractivity contribution < 1.29 is 9.53 Å². The zero-order chi connectivity index (χ0) is 20.9. The first kappa shape index (κ1) is 20.1. The normalized spacial score (nSPS) is 15.7. The van der Waals surface area contributed by atoms with Crippen LogP contribution in [0.1, 0.15) is 28.4 Å². The second-order valence-electron chi connectivity index (χ2n) is 7.40. The second kappa shape index (κ2) is 9.06. The summed E-state index contributed by atoms with van der Waals surface area (Å²) in [5.41, 5.74) is 14.3. The number of anilines is 2. The maximum atomic E-state index is 11.8. The van der Waals surface area contributed by atoms with Gasteiger partial charge in [0.2, 0.25) is 0 Å². The summed E-state index contributed by atoms with van der Waals surface area (Å²) in [7, 11) is 0. The SMILES string of the molecule is NC(=O)c1cccc2c(NC(CCN3CCOCC3)c3cccc(N)c3)ncnc12. The molecule has 1 aliphatic rings. The number of primary amides is 1. The van der Waals surface area contributed by atoms with E-state index in [2.05, 4.69) is 26.3 Å². The fourth-order valence-corrected chi connectivity index (χ4v) is 3.80. The zero-order valence-corrected chi connectivity index (χ0v) is 16.8. The topological polar surface area (TPSA) is 119 Å². The van der Waals surface area contributed by atoms with Gasteiger partial charge in [0.05, 0.1) is 30.3 Å². The number of nitrogens with zero attached hydrogens (tertiary/aromatic N) is 3. The van der Waals surface area contributed by atoms with Crippen LogP contribution in [0.3, 0.4) is 0 Å². The number of aromatic nitrogens is 2. The molecule has 0 saturated carbocycles. The minimum absolute atomic E-state index is 0.00770. The molecule has 1 amide bonds. The molecular formula is C22H26N6O2. The number of morpholine rings is 1. The van der Waals surface area contributed by atoms with Gasteiger partial charge in [-0.15, -0.1) is 0 Å². The first-order chi connectivity index (χ1) is 14.6. The van der Waals surface area contributed by atoms with Crippen molar-refractivity contribution in [1.82, 2.24) is 14.9 Å². The number of fused-ring (bicyclic) bond motifs is 1. The molecule has 0 radical (unpaired) electrons. The van der Waals surface area contributed by atoms with Gasteiger partial charge in [-0.25, -0.2) is 9.97 Å². The third-order valence-electron chi connectivity index (χ3n) is 5.39. The Morgan fingerprint density at radius 1 is 1.17 bits per heavy atom. The van der Waals surface area contributed by atoms with Crippen LogP contribution in [-0.2, 0) is 4.74 Å². The molecule has 1 fully saturated rings. The number of benzene rings is 2. The molecule has 1 aromatic heterocycles. The van der Waals surface area contributed by atoms with Crippen LogP contribution in [0, 0.1) is 0 Å². The molecule has 30 heavy (non-hydrogen) atoms. The molecule has 2 aromatic carbocycles. The molecule has 1 unspecified atom stereocenters. The van der Waals surface area contributed by atoms with Crippen LogP contribution in [0.4, 0.5) is 11.5 Å². The molecule has 4 rings (SSSR count). The summed E-state index contributed by atoms with van der Waals surface area (Å²) >= 11 is 0. The van der Waals surface area contributed by atoms with Gasteiger partial charge in [-0.3, -0.25) is 9.69 Å². The van der Waals surface area contributed by atoms with Crippen molar-refractivity contribution in [3.63, 3.8) is 0 Å². The summed E-state index contributed by atoms with van der Waals surface area (Å²) in [5, 5.41) is 4.31. The highest BCUT2D eigenvalue weighted by atomic mass is 16.5. The maximum Gasteiger partial charge on any atom is 0.250 e. The average Bonchev–Trinajstić information content (AvgIpc) is 2.77. The van der Waals surface area contributed by atoms with Crippen molar-refractivity contribution in [2.24, 2.45) is 5.73 Å². The molecule has 156 valence electrons. The number of hydrogen-bond acceptors (Lipinski definition) is 7. The Morgan fingerprint density at radius 3 is 2.73 bits per heavy atom. The molecule has 1 aliphatic heterocycles. The van der Waals surface area contributed by atoms with Gasteiger partial charge < -0.3 is 21.5 Å². The summed E-state index contributed by atoms with van der Waals surface area (Å²) in [6.45, 7) is 4.32. The lowest BCUT2D eigenvalue weighted by Gasteiger charge is -2.29. The fourth-order valence-electron chi connectivity index (χ4n) is 3.80. The van der Waals surface area contributed by atoms with E-state index in [1.165, 1.54) is 6.33 Å². The molecule has 0 spiro atoms. The lowest BCUT2D eigenvalue weighted by Crippen LogP contribution is -2.37.